The normalized spacial score (nSPS) is 12.9. The van der Waals surface area contributed by atoms with Crippen LogP contribution in [-0.2, 0) is 6.54 Å². The van der Waals surface area contributed by atoms with Gasteiger partial charge in [0.25, 0.3) is 0 Å². The van der Waals surface area contributed by atoms with Gasteiger partial charge in [0, 0.05) is 13.1 Å². The molecule has 0 spiro atoms. The zero-order valence-corrected chi connectivity index (χ0v) is 12.0. The summed E-state index contributed by atoms with van der Waals surface area (Å²) < 4.78 is 0. The molecule has 0 saturated heterocycles. The van der Waals surface area contributed by atoms with Crippen molar-refractivity contribution in [2.24, 2.45) is 0 Å². The van der Waals surface area contributed by atoms with Crippen molar-refractivity contribution in [1.29, 1.82) is 0 Å². The molecular formula is C16H27NO. The van der Waals surface area contributed by atoms with Crippen LogP contribution in [0, 0.1) is 6.92 Å². The number of rotatable bonds is 8. The topological polar surface area (TPSA) is 23.5 Å². The lowest BCUT2D eigenvalue weighted by Crippen LogP contribution is -2.32. The van der Waals surface area contributed by atoms with Gasteiger partial charge in [0.15, 0.2) is 0 Å². The van der Waals surface area contributed by atoms with Crippen LogP contribution in [0.1, 0.15) is 44.2 Å². The third kappa shape index (κ3) is 5.65. The third-order valence-electron chi connectivity index (χ3n) is 3.12. The SMILES string of the molecule is CCCC(O)CN(CCC)Cc1cccc(C)c1. The maximum absolute atomic E-state index is 9.94. The number of nitrogens with zero attached hydrogens (tertiary/aromatic N) is 1. The van der Waals surface area contributed by atoms with Gasteiger partial charge < -0.3 is 5.11 Å². The van der Waals surface area contributed by atoms with E-state index in [4.69, 9.17) is 0 Å². The van der Waals surface area contributed by atoms with Gasteiger partial charge in [-0.25, -0.2) is 0 Å². The van der Waals surface area contributed by atoms with E-state index in [1.54, 1.807) is 0 Å². The largest absolute Gasteiger partial charge is 0.392 e. The summed E-state index contributed by atoms with van der Waals surface area (Å²) in [6.45, 7) is 9.21. The molecule has 102 valence electrons. The molecule has 18 heavy (non-hydrogen) atoms. The van der Waals surface area contributed by atoms with Gasteiger partial charge in [-0.05, 0) is 31.9 Å². The van der Waals surface area contributed by atoms with Crippen molar-refractivity contribution in [3.8, 4) is 0 Å². The van der Waals surface area contributed by atoms with Crippen molar-refractivity contribution in [3.63, 3.8) is 0 Å². The molecule has 0 saturated carbocycles. The first-order valence-electron chi connectivity index (χ1n) is 7.11. The Morgan fingerprint density at radius 2 is 2.00 bits per heavy atom. The van der Waals surface area contributed by atoms with Gasteiger partial charge >= 0.3 is 0 Å². The molecule has 0 heterocycles. The van der Waals surface area contributed by atoms with Crippen LogP contribution in [0.2, 0.25) is 0 Å². The molecule has 0 aliphatic rings. The summed E-state index contributed by atoms with van der Waals surface area (Å²) in [7, 11) is 0. The standard InChI is InChI=1S/C16H27NO/c1-4-7-16(18)13-17(10-5-2)12-15-9-6-8-14(3)11-15/h6,8-9,11,16,18H,4-5,7,10,12-13H2,1-3H3. The van der Waals surface area contributed by atoms with E-state index in [1.807, 2.05) is 0 Å². The summed E-state index contributed by atoms with van der Waals surface area (Å²) >= 11 is 0. The first-order chi connectivity index (χ1) is 8.65. The monoisotopic (exact) mass is 249 g/mol. The fourth-order valence-corrected chi connectivity index (χ4v) is 2.34. The van der Waals surface area contributed by atoms with Gasteiger partial charge in [-0.15, -0.1) is 0 Å². The summed E-state index contributed by atoms with van der Waals surface area (Å²) in [5, 5.41) is 9.94. The molecule has 1 N–H and O–H groups in total. The lowest BCUT2D eigenvalue weighted by molar-refractivity contribution is 0.101. The molecule has 0 radical (unpaired) electrons. The summed E-state index contributed by atoms with van der Waals surface area (Å²) in [4.78, 5) is 2.36. The Morgan fingerprint density at radius 1 is 1.22 bits per heavy atom. The van der Waals surface area contributed by atoms with E-state index in [2.05, 4.69) is 49.9 Å². The lowest BCUT2D eigenvalue weighted by atomic mass is 10.1. The summed E-state index contributed by atoms with van der Waals surface area (Å²) in [6, 6.07) is 8.63. The molecule has 0 fully saturated rings. The predicted molar refractivity (Wildman–Crippen MR) is 77.7 cm³/mol. The molecular weight excluding hydrogens is 222 g/mol. The second kappa shape index (κ2) is 8.28. The fraction of sp³-hybridized carbons (Fsp3) is 0.625. The molecule has 0 amide bonds. The fourth-order valence-electron chi connectivity index (χ4n) is 2.34. The van der Waals surface area contributed by atoms with E-state index in [-0.39, 0.29) is 6.10 Å². The lowest BCUT2D eigenvalue weighted by Gasteiger charge is -2.24. The Bertz CT molecular complexity index is 338. The van der Waals surface area contributed by atoms with Crippen LogP contribution in [0.4, 0.5) is 0 Å². The number of hydrogen-bond donors (Lipinski definition) is 1. The number of aliphatic hydroxyl groups is 1. The maximum atomic E-state index is 9.94. The van der Waals surface area contributed by atoms with Crippen LogP contribution in [0.5, 0.6) is 0 Å². The van der Waals surface area contributed by atoms with Crippen LogP contribution in [-0.4, -0.2) is 29.2 Å². The zero-order valence-electron chi connectivity index (χ0n) is 12.0. The molecule has 2 heteroatoms. The van der Waals surface area contributed by atoms with Gasteiger partial charge in [-0.2, -0.15) is 0 Å². The van der Waals surface area contributed by atoms with Gasteiger partial charge in [-0.1, -0.05) is 50.1 Å². The van der Waals surface area contributed by atoms with E-state index in [0.29, 0.717) is 0 Å². The van der Waals surface area contributed by atoms with E-state index in [9.17, 15) is 5.11 Å². The average Bonchev–Trinajstić information content (AvgIpc) is 2.29. The average molecular weight is 249 g/mol. The minimum Gasteiger partial charge on any atom is -0.392 e. The summed E-state index contributed by atoms with van der Waals surface area (Å²) in [5.41, 5.74) is 2.64. The highest BCUT2D eigenvalue weighted by atomic mass is 16.3. The first-order valence-corrected chi connectivity index (χ1v) is 7.11. The molecule has 0 aliphatic heterocycles. The van der Waals surface area contributed by atoms with Crippen molar-refractivity contribution < 1.29 is 5.11 Å². The summed E-state index contributed by atoms with van der Waals surface area (Å²) in [5.74, 6) is 0. The highest BCUT2D eigenvalue weighted by Crippen LogP contribution is 2.10. The van der Waals surface area contributed by atoms with Crippen LogP contribution < -0.4 is 0 Å². The van der Waals surface area contributed by atoms with Gasteiger partial charge in [0.05, 0.1) is 6.10 Å². The predicted octanol–water partition coefficient (Wildman–Crippen LogP) is 3.37. The van der Waals surface area contributed by atoms with Crippen molar-refractivity contribution in [2.75, 3.05) is 13.1 Å². The van der Waals surface area contributed by atoms with Crippen molar-refractivity contribution >= 4 is 0 Å². The highest BCUT2D eigenvalue weighted by Gasteiger charge is 2.10. The van der Waals surface area contributed by atoms with Crippen LogP contribution in [0.3, 0.4) is 0 Å². The molecule has 1 atom stereocenters. The Balaban J connectivity index is 2.56. The minimum absolute atomic E-state index is 0.189. The molecule has 1 aromatic carbocycles. The van der Waals surface area contributed by atoms with E-state index in [0.717, 1.165) is 38.9 Å². The molecule has 1 rings (SSSR count). The molecule has 1 unspecified atom stereocenters. The first kappa shape index (κ1) is 15.2. The quantitative estimate of drug-likeness (QED) is 0.763. The number of aryl methyl sites for hydroxylation is 1. The smallest absolute Gasteiger partial charge is 0.0667 e. The second-order valence-electron chi connectivity index (χ2n) is 5.17. The third-order valence-corrected chi connectivity index (χ3v) is 3.12. The minimum atomic E-state index is -0.189. The molecule has 2 nitrogen and oxygen atoms in total. The molecule has 1 aromatic rings. The van der Waals surface area contributed by atoms with Crippen molar-refractivity contribution in [2.45, 2.75) is 52.7 Å². The van der Waals surface area contributed by atoms with Crippen LogP contribution >= 0.6 is 0 Å². The summed E-state index contributed by atoms with van der Waals surface area (Å²) in [6.07, 6.45) is 2.89. The molecule has 0 aromatic heterocycles. The van der Waals surface area contributed by atoms with Crippen LogP contribution in [0.15, 0.2) is 24.3 Å². The number of benzene rings is 1. The van der Waals surface area contributed by atoms with E-state index < -0.39 is 0 Å². The van der Waals surface area contributed by atoms with Crippen molar-refractivity contribution in [1.82, 2.24) is 4.90 Å². The van der Waals surface area contributed by atoms with E-state index >= 15 is 0 Å². The Hall–Kier alpha value is -0.860. The van der Waals surface area contributed by atoms with Gasteiger partial charge in [0.1, 0.15) is 0 Å². The Morgan fingerprint density at radius 3 is 2.61 bits per heavy atom. The van der Waals surface area contributed by atoms with Gasteiger partial charge in [0.2, 0.25) is 0 Å². The van der Waals surface area contributed by atoms with Gasteiger partial charge in [-0.3, -0.25) is 4.90 Å². The Labute approximate surface area is 112 Å². The highest BCUT2D eigenvalue weighted by molar-refractivity contribution is 5.22. The second-order valence-corrected chi connectivity index (χ2v) is 5.17. The van der Waals surface area contributed by atoms with Crippen molar-refractivity contribution in [3.05, 3.63) is 35.4 Å². The molecule has 0 aliphatic carbocycles. The van der Waals surface area contributed by atoms with E-state index in [1.165, 1.54) is 11.1 Å². The zero-order chi connectivity index (χ0) is 13.4. The Kier molecular flexibility index (Phi) is 6.99. The number of aliphatic hydroxyl groups excluding tert-OH is 1. The number of hydrogen-bond acceptors (Lipinski definition) is 2. The van der Waals surface area contributed by atoms with Crippen LogP contribution in [0.25, 0.3) is 0 Å². The maximum Gasteiger partial charge on any atom is 0.0667 e. The molecule has 0 bridgehead atoms.